The van der Waals surface area contributed by atoms with Crippen molar-refractivity contribution in [1.29, 1.82) is 0 Å². The first-order valence-corrected chi connectivity index (χ1v) is 11.9. The molecule has 0 spiro atoms. The fourth-order valence-electron chi connectivity index (χ4n) is 5.03. The van der Waals surface area contributed by atoms with E-state index in [0.29, 0.717) is 24.6 Å². The van der Waals surface area contributed by atoms with Crippen LogP contribution in [-0.4, -0.2) is 58.4 Å². The number of benzene rings is 1. The molecule has 35 heavy (non-hydrogen) atoms. The highest BCUT2D eigenvalue weighted by atomic mass is 19.4. The molecule has 2 aliphatic heterocycles. The number of alkyl halides is 3. The Bertz CT molecular complexity index is 1170. The lowest BCUT2D eigenvalue weighted by molar-refractivity contribution is -0.274. The number of imidazole rings is 1. The number of nitrogens with zero attached hydrogens (tertiary/aromatic N) is 3. The molecule has 5 rings (SSSR count). The Morgan fingerprint density at radius 3 is 2.54 bits per heavy atom. The van der Waals surface area contributed by atoms with Crippen molar-refractivity contribution in [3.05, 3.63) is 53.5 Å². The standard InChI is InChI=1S/C25H27F3N4O3/c26-25(27,28)35-19-5-3-18(4-6-19)24(33)32-12-1-2-16(8-13-32)20-7-11-29-23-21(20)30-22(31-23)17-9-14-34-15-10-17/h3-7,11,16-17H,1-2,8-10,12-15H2,(H,29,30,31)/t16-/m1/s1. The fraction of sp³-hybridized carbons (Fsp3) is 0.480. The van der Waals surface area contributed by atoms with Gasteiger partial charge in [0, 0.05) is 44.0 Å². The molecule has 1 N–H and O–H groups in total. The SMILES string of the molecule is O=C(c1ccc(OC(F)(F)F)cc1)N1CCC[C@@H](c2ccnc3[nH]c(C4CCOCC4)nc23)CC1. The van der Waals surface area contributed by atoms with Crippen molar-refractivity contribution in [2.45, 2.75) is 50.3 Å². The normalized spacial score (nSPS) is 20.1. The van der Waals surface area contributed by atoms with Gasteiger partial charge in [0.1, 0.15) is 17.1 Å². The number of aromatic nitrogens is 3. The third-order valence-corrected chi connectivity index (χ3v) is 6.83. The number of hydrogen-bond donors (Lipinski definition) is 1. The Balaban J connectivity index is 1.28. The van der Waals surface area contributed by atoms with Gasteiger partial charge in [0.05, 0.1) is 0 Å². The summed E-state index contributed by atoms with van der Waals surface area (Å²) in [6, 6.07) is 7.11. The topological polar surface area (TPSA) is 80.3 Å². The molecule has 0 radical (unpaired) electrons. The number of rotatable bonds is 4. The summed E-state index contributed by atoms with van der Waals surface area (Å²) in [5.41, 5.74) is 3.19. The number of fused-ring (bicyclic) bond motifs is 1. The van der Waals surface area contributed by atoms with E-state index in [2.05, 4.69) is 14.7 Å². The van der Waals surface area contributed by atoms with Gasteiger partial charge in [-0.2, -0.15) is 0 Å². The Kier molecular flexibility index (Phi) is 6.64. The molecule has 0 unspecified atom stereocenters. The molecule has 3 aromatic rings. The summed E-state index contributed by atoms with van der Waals surface area (Å²) in [6.07, 6.45) is 1.45. The zero-order valence-electron chi connectivity index (χ0n) is 19.2. The van der Waals surface area contributed by atoms with Crippen LogP contribution in [0.5, 0.6) is 5.75 Å². The van der Waals surface area contributed by atoms with Gasteiger partial charge in [-0.05, 0) is 73.9 Å². The predicted octanol–water partition coefficient (Wildman–Crippen LogP) is 5.16. The monoisotopic (exact) mass is 488 g/mol. The average molecular weight is 489 g/mol. The molecular weight excluding hydrogens is 461 g/mol. The average Bonchev–Trinajstić information content (AvgIpc) is 3.14. The van der Waals surface area contributed by atoms with Gasteiger partial charge in [-0.3, -0.25) is 4.79 Å². The zero-order chi connectivity index (χ0) is 24.4. The smallest absolute Gasteiger partial charge is 0.406 e. The molecule has 0 bridgehead atoms. The number of likely N-dealkylation sites (tertiary alicyclic amines) is 1. The van der Waals surface area contributed by atoms with E-state index in [4.69, 9.17) is 9.72 Å². The molecule has 1 amide bonds. The summed E-state index contributed by atoms with van der Waals surface area (Å²) in [4.78, 5) is 27.6. The van der Waals surface area contributed by atoms with Crippen LogP contribution in [0.3, 0.4) is 0 Å². The van der Waals surface area contributed by atoms with Gasteiger partial charge in [-0.25, -0.2) is 9.97 Å². The van der Waals surface area contributed by atoms with Crippen molar-refractivity contribution in [1.82, 2.24) is 19.9 Å². The maximum absolute atomic E-state index is 13.0. The summed E-state index contributed by atoms with van der Waals surface area (Å²) in [5.74, 6) is 1.02. The van der Waals surface area contributed by atoms with Crippen LogP contribution in [0.4, 0.5) is 13.2 Å². The highest BCUT2D eigenvalue weighted by Crippen LogP contribution is 2.34. The van der Waals surface area contributed by atoms with Crippen molar-refractivity contribution in [3.8, 4) is 5.75 Å². The third kappa shape index (κ3) is 5.42. The molecule has 2 saturated heterocycles. The number of H-pyrrole nitrogens is 1. The number of hydrogen-bond acceptors (Lipinski definition) is 5. The van der Waals surface area contributed by atoms with Crippen molar-refractivity contribution in [3.63, 3.8) is 0 Å². The largest absolute Gasteiger partial charge is 0.573 e. The van der Waals surface area contributed by atoms with Crippen molar-refractivity contribution < 1.29 is 27.4 Å². The van der Waals surface area contributed by atoms with E-state index in [9.17, 15) is 18.0 Å². The third-order valence-electron chi connectivity index (χ3n) is 6.83. The molecule has 186 valence electrons. The molecule has 1 aromatic carbocycles. The molecule has 0 aliphatic carbocycles. The van der Waals surface area contributed by atoms with Gasteiger partial charge in [0.15, 0.2) is 5.65 Å². The first-order valence-electron chi connectivity index (χ1n) is 11.9. The number of pyridine rings is 1. The van der Waals surface area contributed by atoms with Gasteiger partial charge in [0.25, 0.3) is 5.91 Å². The van der Waals surface area contributed by atoms with Gasteiger partial charge in [-0.15, -0.1) is 13.2 Å². The van der Waals surface area contributed by atoms with E-state index in [-0.39, 0.29) is 17.6 Å². The van der Waals surface area contributed by atoms with Gasteiger partial charge >= 0.3 is 6.36 Å². The van der Waals surface area contributed by atoms with E-state index >= 15 is 0 Å². The number of ether oxygens (including phenoxy) is 2. The second kappa shape index (κ2) is 9.85. The molecule has 0 saturated carbocycles. The Hall–Kier alpha value is -3.14. The zero-order valence-corrected chi connectivity index (χ0v) is 19.2. The summed E-state index contributed by atoms with van der Waals surface area (Å²) in [6.45, 7) is 2.64. The predicted molar refractivity (Wildman–Crippen MR) is 122 cm³/mol. The number of amides is 1. The van der Waals surface area contributed by atoms with Crippen molar-refractivity contribution in [2.24, 2.45) is 0 Å². The van der Waals surface area contributed by atoms with Crippen LogP contribution < -0.4 is 4.74 Å². The second-order valence-electron chi connectivity index (χ2n) is 9.10. The summed E-state index contributed by atoms with van der Waals surface area (Å²) >= 11 is 0. The highest BCUT2D eigenvalue weighted by Gasteiger charge is 2.31. The Morgan fingerprint density at radius 2 is 1.80 bits per heavy atom. The quantitative estimate of drug-likeness (QED) is 0.549. The summed E-state index contributed by atoms with van der Waals surface area (Å²) < 4.78 is 46.6. The van der Waals surface area contributed by atoms with Crippen molar-refractivity contribution in [2.75, 3.05) is 26.3 Å². The lowest BCUT2D eigenvalue weighted by atomic mass is 9.92. The van der Waals surface area contributed by atoms with Crippen LogP contribution in [0.15, 0.2) is 36.5 Å². The minimum atomic E-state index is -4.76. The summed E-state index contributed by atoms with van der Waals surface area (Å²) in [5, 5.41) is 0. The maximum atomic E-state index is 13.0. The fourth-order valence-corrected chi connectivity index (χ4v) is 5.03. The van der Waals surface area contributed by atoms with Crippen LogP contribution in [0.2, 0.25) is 0 Å². The van der Waals surface area contributed by atoms with E-state index in [1.165, 1.54) is 24.3 Å². The second-order valence-corrected chi connectivity index (χ2v) is 9.10. The number of nitrogens with one attached hydrogen (secondary N) is 1. The van der Waals surface area contributed by atoms with Crippen LogP contribution in [0, 0.1) is 0 Å². The first kappa shape index (κ1) is 23.6. The molecule has 1 atom stereocenters. The van der Waals surface area contributed by atoms with Crippen LogP contribution in [0.25, 0.3) is 11.2 Å². The first-order chi connectivity index (χ1) is 16.9. The number of halogens is 3. The minimum absolute atomic E-state index is 0.189. The number of aromatic amines is 1. The van der Waals surface area contributed by atoms with E-state index in [1.807, 2.05) is 12.3 Å². The van der Waals surface area contributed by atoms with Crippen LogP contribution in [0.1, 0.15) is 65.7 Å². The highest BCUT2D eigenvalue weighted by molar-refractivity contribution is 5.94. The van der Waals surface area contributed by atoms with E-state index < -0.39 is 6.36 Å². The molecule has 10 heteroatoms. The van der Waals surface area contributed by atoms with E-state index in [0.717, 1.165) is 67.9 Å². The summed E-state index contributed by atoms with van der Waals surface area (Å²) in [7, 11) is 0. The molecule has 7 nitrogen and oxygen atoms in total. The molecular formula is C25H27F3N4O3. The minimum Gasteiger partial charge on any atom is -0.406 e. The van der Waals surface area contributed by atoms with Gasteiger partial charge in [-0.1, -0.05) is 0 Å². The van der Waals surface area contributed by atoms with Gasteiger partial charge < -0.3 is 19.4 Å². The lowest BCUT2D eigenvalue weighted by Gasteiger charge is -2.21. The van der Waals surface area contributed by atoms with Crippen molar-refractivity contribution >= 4 is 17.1 Å². The number of carbonyl (C=O) groups is 1. The van der Waals surface area contributed by atoms with Crippen LogP contribution >= 0.6 is 0 Å². The molecule has 2 fully saturated rings. The van der Waals surface area contributed by atoms with E-state index in [1.54, 1.807) is 4.90 Å². The van der Waals surface area contributed by atoms with Gasteiger partial charge in [0.2, 0.25) is 0 Å². The number of carbonyl (C=O) groups excluding carboxylic acids is 1. The van der Waals surface area contributed by atoms with Crippen LogP contribution in [-0.2, 0) is 4.74 Å². The lowest BCUT2D eigenvalue weighted by Crippen LogP contribution is -2.32. The Labute approximate surface area is 200 Å². The molecule has 2 aliphatic rings. The molecule has 2 aromatic heterocycles. The molecule has 4 heterocycles. The Morgan fingerprint density at radius 1 is 1.03 bits per heavy atom. The maximum Gasteiger partial charge on any atom is 0.573 e.